The minimum atomic E-state index is 0.975. The van der Waals surface area contributed by atoms with Crippen LogP contribution in [0.25, 0.3) is 104 Å². The number of pyridine rings is 1. The maximum Gasteiger partial charge on any atom is 0.147 e. The summed E-state index contributed by atoms with van der Waals surface area (Å²) in [4.78, 5) is 5.21. The van der Waals surface area contributed by atoms with Crippen LogP contribution in [0, 0.1) is 6.92 Å². The molecule has 0 bridgehead atoms. The number of aryl methyl sites for hydroxylation is 1. The van der Waals surface area contributed by atoms with E-state index in [1.54, 1.807) is 0 Å². The quantitative estimate of drug-likeness (QED) is 0.182. The monoisotopic (exact) mass is 688 g/mol. The summed E-state index contributed by atoms with van der Waals surface area (Å²) in [6.07, 6.45) is 0. The fraction of sp³-hybridized carbons (Fsp3) is 0.0200. The van der Waals surface area contributed by atoms with Crippen LogP contribution in [0.1, 0.15) is 5.56 Å². The van der Waals surface area contributed by atoms with Crippen molar-refractivity contribution in [3.63, 3.8) is 0 Å². The van der Waals surface area contributed by atoms with Crippen molar-refractivity contribution >= 4 is 81.8 Å². The molecule has 0 spiro atoms. The van der Waals surface area contributed by atoms with Gasteiger partial charge in [0.15, 0.2) is 0 Å². The van der Waals surface area contributed by atoms with Crippen LogP contribution in [-0.2, 0) is 0 Å². The van der Waals surface area contributed by atoms with Gasteiger partial charge in [-0.2, -0.15) is 0 Å². The number of rotatable bonds is 3. The maximum absolute atomic E-state index is 5.21. The summed E-state index contributed by atoms with van der Waals surface area (Å²) in [6, 6.07) is 64.0. The normalized spacial score (nSPS) is 12.2. The van der Waals surface area contributed by atoms with E-state index in [0.717, 1.165) is 33.6 Å². The summed E-state index contributed by atoms with van der Waals surface area (Å²) in [7, 11) is 0. The molecule has 54 heavy (non-hydrogen) atoms. The second-order valence-electron chi connectivity index (χ2n) is 14.4. The molecule has 0 unspecified atom stereocenters. The molecular formula is C50H32N4. The van der Waals surface area contributed by atoms with Crippen molar-refractivity contribution in [3.05, 3.63) is 181 Å². The molecule has 4 heteroatoms. The first-order valence-corrected chi connectivity index (χ1v) is 18.6. The summed E-state index contributed by atoms with van der Waals surface area (Å²) < 4.78 is 7.24. The number of para-hydroxylation sites is 4. The first-order chi connectivity index (χ1) is 26.7. The van der Waals surface area contributed by atoms with Crippen LogP contribution in [0.3, 0.4) is 0 Å². The summed E-state index contributed by atoms with van der Waals surface area (Å²) in [6.45, 7) is 2.26. The van der Waals surface area contributed by atoms with Gasteiger partial charge >= 0.3 is 0 Å². The average molecular weight is 689 g/mol. The van der Waals surface area contributed by atoms with E-state index < -0.39 is 0 Å². The van der Waals surface area contributed by atoms with Crippen molar-refractivity contribution in [2.24, 2.45) is 0 Å². The molecule has 0 saturated carbocycles. The highest BCUT2D eigenvalue weighted by molar-refractivity contribution is 6.21. The first kappa shape index (κ1) is 29.4. The van der Waals surface area contributed by atoms with Crippen molar-refractivity contribution in [3.8, 4) is 22.6 Å². The lowest BCUT2D eigenvalue weighted by atomic mass is 10.0. The van der Waals surface area contributed by atoms with Crippen molar-refractivity contribution in [2.45, 2.75) is 6.92 Å². The third kappa shape index (κ3) is 3.94. The highest BCUT2D eigenvalue weighted by Gasteiger charge is 2.22. The Bertz CT molecular complexity index is 3500. The summed E-state index contributed by atoms with van der Waals surface area (Å²) >= 11 is 0. The van der Waals surface area contributed by atoms with E-state index in [2.05, 4.69) is 196 Å². The molecule has 0 saturated heterocycles. The van der Waals surface area contributed by atoms with Gasteiger partial charge in [0.05, 0.1) is 33.1 Å². The van der Waals surface area contributed by atoms with Gasteiger partial charge < -0.3 is 4.57 Å². The van der Waals surface area contributed by atoms with Crippen LogP contribution in [0.4, 0.5) is 0 Å². The zero-order valence-electron chi connectivity index (χ0n) is 29.5. The number of hydrogen-bond donors (Lipinski definition) is 0. The van der Waals surface area contributed by atoms with Gasteiger partial charge in [0.1, 0.15) is 11.5 Å². The molecule has 0 fully saturated rings. The highest BCUT2D eigenvalue weighted by Crippen LogP contribution is 2.40. The zero-order chi connectivity index (χ0) is 35.5. The minimum Gasteiger partial charge on any atom is -0.309 e. The lowest BCUT2D eigenvalue weighted by Crippen LogP contribution is -2.06. The molecule has 12 aromatic rings. The molecule has 12 rings (SSSR count). The Morgan fingerprint density at radius 3 is 1.83 bits per heavy atom. The van der Waals surface area contributed by atoms with Gasteiger partial charge in [-0.1, -0.05) is 127 Å². The molecule has 4 aromatic heterocycles. The lowest BCUT2D eigenvalue weighted by Gasteiger charge is -2.17. The SMILES string of the molecule is Cc1c(-n2c3ccccc3c3ccc(-c4ccc(-n5c6ccccc6c6c7ccccc7ccc65)cc4)cc32)n2c3ccccc3nc2c2ccccc12. The Hall–Kier alpha value is -7.17. The second-order valence-corrected chi connectivity index (χ2v) is 14.4. The van der Waals surface area contributed by atoms with E-state index in [0.29, 0.717) is 0 Å². The first-order valence-electron chi connectivity index (χ1n) is 18.6. The van der Waals surface area contributed by atoms with E-state index in [1.165, 1.54) is 76.5 Å². The average Bonchev–Trinajstić information content (AvgIpc) is 3.90. The van der Waals surface area contributed by atoms with Gasteiger partial charge in [0, 0.05) is 32.6 Å². The number of hydrogen-bond acceptors (Lipinski definition) is 1. The van der Waals surface area contributed by atoms with Gasteiger partial charge in [-0.3, -0.25) is 8.97 Å². The standard InChI is InChI=1S/C50H32N4/c1-31-36-13-4-5-16-40(36)49-51-42-18-8-11-21-45(42)54(49)50(31)53-43-19-9-6-15-38(43)39-28-24-34(30-47(39)53)32-22-26-35(27-23-32)52-44-20-10-7-17-41(44)48-37-14-3-2-12-33(37)25-29-46(48)52/h2-30H,1H3. The van der Waals surface area contributed by atoms with Crippen LogP contribution < -0.4 is 0 Å². The number of fused-ring (bicyclic) bond motifs is 13. The van der Waals surface area contributed by atoms with Crippen molar-refractivity contribution in [1.29, 1.82) is 0 Å². The largest absolute Gasteiger partial charge is 0.309 e. The molecule has 0 atom stereocenters. The Morgan fingerprint density at radius 1 is 0.407 bits per heavy atom. The van der Waals surface area contributed by atoms with Crippen LogP contribution >= 0.6 is 0 Å². The van der Waals surface area contributed by atoms with Crippen molar-refractivity contribution in [1.82, 2.24) is 18.5 Å². The van der Waals surface area contributed by atoms with E-state index in [-0.39, 0.29) is 0 Å². The predicted molar refractivity (Wildman–Crippen MR) is 227 cm³/mol. The molecule has 4 nitrogen and oxygen atoms in total. The van der Waals surface area contributed by atoms with Crippen LogP contribution in [0.2, 0.25) is 0 Å². The molecule has 252 valence electrons. The Kier molecular flexibility index (Phi) is 5.95. The number of aromatic nitrogens is 4. The molecule has 0 N–H and O–H groups in total. The van der Waals surface area contributed by atoms with E-state index in [4.69, 9.17) is 4.98 Å². The lowest BCUT2D eigenvalue weighted by molar-refractivity contribution is 1.03. The number of nitrogens with zero attached hydrogens (tertiary/aromatic N) is 4. The Labute approximate surface area is 310 Å². The van der Waals surface area contributed by atoms with Crippen LogP contribution in [0.15, 0.2) is 176 Å². The molecule has 4 heterocycles. The van der Waals surface area contributed by atoms with Crippen LogP contribution in [-0.4, -0.2) is 18.5 Å². The fourth-order valence-corrected chi connectivity index (χ4v) is 9.18. The second kappa shape index (κ2) is 10.9. The smallest absolute Gasteiger partial charge is 0.147 e. The molecule has 0 radical (unpaired) electrons. The summed E-state index contributed by atoms with van der Waals surface area (Å²) in [5.74, 6) is 1.12. The van der Waals surface area contributed by atoms with Gasteiger partial charge in [0.25, 0.3) is 0 Å². The topological polar surface area (TPSA) is 27.2 Å². The van der Waals surface area contributed by atoms with Gasteiger partial charge in [0.2, 0.25) is 0 Å². The Morgan fingerprint density at radius 2 is 1.02 bits per heavy atom. The molecule has 0 aliphatic carbocycles. The number of benzene rings is 8. The Balaban J connectivity index is 1.09. The predicted octanol–water partition coefficient (Wildman–Crippen LogP) is 13.0. The van der Waals surface area contributed by atoms with Crippen molar-refractivity contribution in [2.75, 3.05) is 0 Å². The van der Waals surface area contributed by atoms with Crippen molar-refractivity contribution < 1.29 is 0 Å². The highest BCUT2D eigenvalue weighted by atomic mass is 15.2. The van der Waals surface area contributed by atoms with Gasteiger partial charge in [-0.25, -0.2) is 4.98 Å². The van der Waals surface area contributed by atoms with Crippen LogP contribution in [0.5, 0.6) is 0 Å². The third-order valence-electron chi connectivity index (χ3n) is 11.6. The van der Waals surface area contributed by atoms with E-state index in [9.17, 15) is 0 Å². The molecule has 0 aliphatic heterocycles. The molecular weight excluding hydrogens is 657 g/mol. The fourth-order valence-electron chi connectivity index (χ4n) is 9.18. The molecule has 0 amide bonds. The van der Waals surface area contributed by atoms with Gasteiger partial charge in [-0.15, -0.1) is 0 Å². The minimum absolute atomic E-state index is 0.975. The molecule has 8 aromatic carbocycles. The van der Waals surface area contributed by atoms with E-state index >= 15 is 0 Å². The molecule has 0 aliphatic rings. The summed E-state index contributed by atoms with van der Waals surface area (Å²) in [5, 5.41) is 9.96. The maximum atomic E-state index is 5.21. The summed E-state index contributed by atoms with van der Waals surface area (Å²) in [5.41, 5.74) is 12.6. The zero-order valence-corrected chi connectivity index (χ0v) is 29.5. The van der Waals surface area contributed by atoms with Gasteiger partial charge in [-0.05, 0) is 88.3 Å². The number of imidazole rings is 1. The third-order valence-corrected chi connectivity index (χ3v) is 11.6. The van der Waals surface area contributed by atoms with E-state index in [1.807, 2.05) is 0 Å².